The lowest BCUT2D eigenvalue weighted by atomic mass is 9.95. The smallest absolute Gasteiger partial charge is 0.308 e. The van der Waals surface area contributed by atoms with Crippen LogP contribution >= 0.6 is 0 Å². The lowest BCUT2D eigenvalue weighted by molar-refractivity contribution is 0.335. The lowest BCUT2D eigenvalue weighted by Gasteiger charge is -2.23. The van der Waals surface area contributed by atoms with Crippen LogP contribution in [0.25, 0.3) is 0 Å². The van der Waals surface area contributed by atoms with Crippen molar-refractivity contribution in [2.75, 3.05) is 0 Å². The Morgan fingerprint density at radius 1 is 1.20 bits per heavy atom. The van der Waals surface area contributed by atoms with Crippen molar-refractivity contribution in [2.24, 2.45) is 5.11 Å². The molecule has 0 bridgehead atoms. The molecule has 3 rings (SSSR count). The van der Waals surface area contributed by atoms with E-state index >= 15 is 0 Å². The molecule has 0 aromatic carbocycles. The lowest BCUT2D eigenvalue weighted by Crippen LogP contribution is -2.41. The number of hydrogen-bond donors (Lipinski definition) is 2. The second-order valence-electron chi connectivity index (χ2n) is 5.56. The molecule has 1 fully saturated rings. The van der Waals surface area contributed by atoms with E-state index in [1.165, 1.54) is 11.0 Å². The summed E-state index contributed by atoms with van der Waals surface area (Å²) in [6.07, 6.45) is 6.36. The average molecular weight is 276 g/mol. The van der Waals surface area contributed by atoms with Gasteiger partial charge in [-0.05, 0) is 25.7 Å². The molecule has 0 amide bonds. The van der Waals surface area contributed by atoms with Crippen molar-refractivity contribution in [1.29, 1.82) is 5.53 Å². The van der Waals surface area contributed by atoms with Crippen molar-refractivity contribution in [2.45, 2.75) is 57.0 Å². The van der Waals surface area contributed by atoms with Crippen molar-refractivity contribution in [3.8, 4) is 0 Å². The second-order valence-corrected chi connectivity index (χ2v) is 5.56. The van der Waals surface area contributed by atoms with E-state index < -0.39 is 0 Å². The summed E-state index contributed by atoms with van der Waals surface area (Å²) in [6.45, 7) is 0. The number of H-pyrrole nitrogens is 1. The molecule has 106 valence electrons. The Hall–Kier alpha value is -2.01. The van der Waals surface area contributed by atoms with E-state index in [0.717, 1.165) is 25.7 Å². The Balaban J connectivity index is 2.09. The van der Waals surface area contributed by atoms with E-state index in [4.69, 9.17) is 5.53 Å². The van der Waals surface area contributed by atoms with E-state index in [-0.39, 0.29) is 23.3 Å². The maximum absolute atomic E-state index is 12.6. The third-order valence-electron chi connectivity index (χ3n) is 4.40. The van der Waals surface area contributed by atoms with Crippen LogP contribution in [-0.4, -0.2) is 9.55 Å². The Labute approximate surface area is 115 Å². The van der Waals surface area contributed by atoms with Gasteiger partial charge in [-0.15, -0.1) is 0 Å². The summed E-state index contributed by atoms with van der Waals surface area (Å²) >= 11 is 0. The van der Waals surface area contributed by atoms with Gasteiger partial charge in [-0.1, -0.05) is 19.3 Å². The Morgan fingerprint density at radius 2 is 1.95 bits per heavy atom. The fourth-order valence-electron chi connectivity index (χ4n) is 3.41. The third kappa shape index (κ3) is 2.04. The van der Waals surface area contributed by atoms with Gasteiger partial charge in [0.15, 0.2) is 6.04 Å². The summed E-state index contributed by atoms with van der Waals surface area (Å²) in [4.78, 5) is 30.6. The molecule has 7 nitrogen and oxygen atoms in total. The summed E-state index contributed by atoms with van der Waals surface area (Å²) in [5.41, 5.74) is 7.50. The van der Waals surface area contributed by atoms with Crippen LogP contribution in [0.4, 0.5) is 0 Å². The van der Waals surface area contributed by atoms with Crippen molar-refractivity contribution in [3.05, 3.63) is 32.1 Å². The maximum Gasteiger partial charge on any atom is 0.328 e. The Bertz CT molecular complexity index is 677. The van der Waals surface area contributed by atoms with Gasteiger partial charge in [0.05, 0.1) is 5.69 Å². The molecule has 2 N–H and O–H groups in total. The summed E-state index contributed by atoms with van der Waals surface area (Å²) in [5.74, 6) is 0. The van der Waals surface area contributed by atoms with Gasteiger partial charge in [0, 0.05) is 11.6 Å². The molecular formula is C13H18N5O2+. The number of hydrogen-bond acceptors (Lipinski definition) is 4. The maximum atomic E-state index is 12.6. The molecule has 1 atom stereocenters. The van der Waals surface area contributed by atoms with Crippen molar-refractivity contribution < 1.29 is 0 Å². The molecule has 2 aliphatic carbocycles. The molecule has 1 unspecified atom stereocenters. The molecule has 7 heteroatoms. The van der Waals surface area contributed by atoms with Crippen molar-refractivity contribution in [3.63, 3.8) is 0 Å². The molecule has 0 radical (unpaired) electrons. The van der Waals surface area contributed by atoms with Crippen LogP contribution in [0.3, 0.4) is 0 Å². The van der Waals surface area contributed by atoms with Crippen LogP contribution in [0.2, 0.25) is 0 Å². The first-order valence-corrected chi connectivity index (χ1v) is 7.16. The van der Waals surface area contributed by atoms with Gasteiger partial charge in [0.2, 0.25) is 4.91 Å². The highest BCUT2D eigenvalue weighted by atomic mass is 16.2. The summed E-state index contributed by atoms with van der Waals surface area (Å²) in [6, 6.07) is -0.314. The van der Waals surface area contributed by atoms with Gasteiger partial charge >= 0.3 is 5.69 Å². The molecule has 1 aromatic heterocycles. The van der Waals surface area contributed by atoms with Crippen LogP contribution in [0.15, 0.2) is 14.7 Å². The zero-order chi connectivity index (χ0) is 14.1. The Kier molecular flexibility index (Phi) is 3.36. The number of aromatic nitrogens is 2. The summed E-state index contributed by atoms with van der Waals surface area (Å²) in [7, 11) is 0. The zero-order valence-corrected chi connectivity index (χ0v) is 11.3. The van der Waals surface area contributed by atoms with Crippen LogP contribution in [-0.2, 0) is 6.42 Å². The minimum atomic E-state index is -0.344. The first-order chi connectivity index (χ1) is 9.72. The van der Waals surface area contributed by atoms with Gasteiger partial charge in [0.25, 0.3) is 5.56 Å². The summed E-state index contributed by atoms with van der Waals surface area (Å²) in [5, 5.41) is 3.76. The van der Waals surface area contributed by atoms with Gasteiger partial charge in [0.1, 0.15) is 10.6 Å². The minimum absolute atomic E-state index is 0.0298. The molecule has 0 saturated heterocycles. The summed E-state index contributed by atoms with van der Waals surface area (Å²) < 4.78 is 1.40. The largest absolute Gasteiger partial charge is 0.328 e. The van der Waals surface area contributed by atoms with Gasteiger partial charge in [-0.25, -0.2) is 4.79 Å². The number of nitrogens with zero attached hydrogens (tertiary/aromatic N) is 3. The predicted octanol–water partition coefficient (Wildman–Crippen LogP) is 1.58. The highest BCUT2D eigenvalue weighted by Gasteiger charge is 2.32. The number of nitrogens with one attached hydrogen (secondary N) is 2. The monoisotopic (exact) mass is 276 g/mol. The Morgan fingerprint density at radius 3 is 2.65 bits per heavy atom. The molecule has 0 aliphatic heterocycles. The SMILES string of the molecule is N=[N+]=NC1CCc2c1[nH]c(=O)n(C1CCCCC1)c2=O. The topological polar surface area (TPSA) is 105 Å². The minimum Gasteiger partial charge on any atom is -0.308 e. The van der Waals surface area contributed by atoms with E-state index in [1.807, 2.05) is 0 Å². The molecule has 20 heavy (non-hydrogen) atoms. The van der Waals surface area contributed by atoms with E-state index in [2.05, 4.69) is 15.0 Å². The second kappa shape index (κ2) is 5.17. The number of aromatic amines is 1. The zero-order valence-electron chi connectivity index (χ0n) is 11.3. The van der Waals surface area contributed by atoms with E-state index in [0.29, 0.717) is 24.1 Å². The quantitative estimate of drug-likeness (QED) is 0.632. The third-order valence-corrected chi connectivity index (χ3v) is 4.40. The molecular weight excluding hydrogens is 258 g/mol. The van der Waals surface area contributed by atoms with Gasteiger partial charge in [-0.3, -0.25) is 9.36 Å². The van der Waals surface area contributed by atoms with Crippen LogP contribution in [0.5, 0.6) is 0 Å². The normalized spacial score (nSPS) is 22.3. The highest BCUT2D eigenvalue weighted by molar-refractivity contribution is 5.26. The first-order valence-electron chi connectivity index (χ1n) is 7.16. The fourth-order valence-corrected chi connectivity index (χ4v) is 3.41. The van der Waals surface area contributed by atoms with Crippen LogP contribution < -0.4 is 16.2 Å². The standard InChI is InChI=1S/C13H17N5O2/c14-17-16-10-7-6-9-11(10)15-13(20)18(12(9)19)8-4-2-1-3-5-8/h8,10,14H,1-7H2/p+1. The molecule has 2 aliphatic rings. The predicted molar refractivity (Wildman–Crippen MR) is 71.8 cm³/mol. The number of fused-ring (bicyclic) bond motifs is 1. The van der Waals surface area contributed by atoms with Crippen LogP contribution in [0.1, 0.15) is 61.9 Å². The molecule has 1 heterocycles. The van der Waals surface area contributed by atoms with Crippen LogP contribution in [0, 0.1) is 5.53 Å². The average Bonchev–Trinajstić information content (AvgIpc) is 2.84. The van der Waals surface area contributed by atoms with Crippen molar-refractivity contribution >= 4 is 0 Å². The van der Waals surface area contributed by atoms with Crippen molar-refractivity contribution in [1.82, 2.24) is 14.5 Å². The molecule has 0 spiro atoms. The fraction of sp³-hybridized carbons (Fsp3) is 0.692. The molecule has 1 aromatic rings. The number of rotatable bonds is 2. The first kappa shape index (κ1) is 13.0. The molecule has 1 saturated carbocycles. The van der Waals surface area contributed by atoms with E-state index in [9.17, 15) is 9.59 Å². The van der Waals surface area contributed by atoms with Gasteiger partial charge in [-0.2, -0.15) is 0 Å². The van der Waals surface area contributed by atoms with E-state index in [1.54, 1.807) is 0 Å². The highest BCUT2D eigenvalue weighted by Crippen LogP contribution is 2.30. The van der Waals surface area contributed by atoms with Gasteiger partial charge < -0.3 is 4.98 Å².